The molecule has 2 aromatic rings. The zero-order chi connectivity index (χ0) is 22.3. The van der Waals surface area contributed by atoms with E-state index in [2.05, 4.69) is 34.7 Å². The molecule has 0 amide bonds. The zero-order valence-electron chi connectivity index (χ0n) is 18.5. The number of nitrogens with zero attached hydrogens (tertiary/aromatic N) is 4. The van der Waals surface area contributed by atoms with Crippen molar-refractivity contribution in [3.05, 3.63) is 38.3 Å². The second kappa shape index (κ2) is 8.12. The summed E-state index contributed by atoms with van der Waals surface area (Å²) < 4.78 is 16.9. The first-order valence-electron chi connectivity index (χ1n) is 11.1. The minimum absolute atomic E-state index is 0.0242. The molecule has 1 saturated heterocycles. The lowest BCUT2D eigenvalue weighted by Crippen LogP contribution is -2.38. The van der Waals surface area contributed by atoms with Crippen LogP contribution in [0, 0.1) is 29.5 Å². The van der Waals surface area contributed by atoms with E-state index in [9.17, 15) is 9.59 Å². The number of aromatic amines is 1. The Morgan fingerprint density at radius 3 is 2.77 bits per heavy atom. The van der Waals surface area contributed by atoms with Crippen molar-refractivity contribution in [2.24, 2.45) is 5.41 Å². The quantitative estimate of drug-likeness (QED) is 0.734. The normalized spacial score (nSPS) is 21.2. The summed E-state index contributed by atoms with van der Waals surface area (Å²) in [6.45, 7) is 9.99. The Morgan fingerprint density at radius 2 is 2.13 bits per heavy atom. The van der Waals surface area contributed by atoms with Gasteiger partial charge in [0.25, 0.3) is 5.56 Å². The van der Waals surface area contributed by atoms with E-state index in [1.807, 2.05) is 6.92 Å². The van der Waals surface area contributed by atoms with Gasteiger partial charge in [0.15, 0.2) is 0 Å². The third kappa shape index (κ3) is 3.99. The van der Waals surface area contributed by atoms with Crippen LogP contribution in [0.5, 0.6) is 0 Å². The van der Waals surface area contributed by atoms with E-state index in [1.54, 1.807) is 4.57 Å². The van der Waals surface area contributed by atoms with E-state index in [0.717, 1.165) is 38.9 Å². The molecule has 4 rings (SSSR count). The molecule has 8 heteroatoms. The van der Waals surface area contributed by atoms with Crippen molar-refractivity contribution in [3.63, 3.8) is 0 Å². The Hall–Kier alpha value is -2.66. The summed E-state index contributed by atoms with van der Waals surface area (Å²) in [5.41, 5.74) is 0.743. The molecule has 2 heterocycles. The summed E-state index contributed by atoms with van der Waals surface area (Å²) in [5.74, 6) is -0.419. The van der Waals surface area contributed by atoms with Gasteiger partial charge in [-0.3, -0.25) is 14.3 Å². The third-order valence-electron chi connectivity index (χ3n) is 6.77. The number of rotatable bonds is 7. The van der Waals surface area contributed by atoms with E-state index in [1.165, 1.54) is 6.07 Å². The molecule has 1 aliphatic carbocycles. The van der Waals surface area contributed by atoms with Gasteiger partial charge in [-0.2, -0.15) is 5.26 Å². The number of fused-ring (bicyclic) bond motifs is 1. The Bertz CT molecular complexity index is 1160. The maximum atomic E-state index is 15.3. The lowest BCUT2D eigenvalue weighted by molar-refractivity contribution is 0.189. The number of H-pyrrole nitrogens is 1. The standard InChI is InChI=1S/C23H30FN5O2/c1-4-27(10-5-9-25)13-23(3)8-11-28(14-23)20-15(2)19-17(12-18(20)24)21(30)26-22(31)29(19)16-6-7-16/h12,16H,4-8,10-11,13-14H2,1-3H3,(H,26,30,31). The smallest absolute Gasteiger partial charge is 0.329 e. The van der Waals surface area contributed by atoms with Crippen LogP contribution in [0.3, 0.4) is 0 Å². The maximum absolute atomic E-state index is 15.3. The van der Waals surface area contributed by atoms with Gasteiger partial charge in [-0.25, -0.2) is 9.18 Å². The van der Waals surface area contributed by atoms with Crippen molar-refractivity contribution in [1.29, 1.82) is 5.26 Å². The summed E-state index contributed by atoms with van der Waals surface area (Å²) in [4.78, 5) is 31.6. The summed E-state index contributed by atoms with van der Waals surface area (Å²) >= 11 is 0. The molecular weight excluding hydrogens is 397 g/mol. The second-order valence-corrected chi connectivity index (χ2v) is 9.35. The highest BCUT2D eigenvalue weighted by molar-refractivity contribution is 5.87. The molecule has 1 aromatic heterocycles. The van der Waals surface area contributed by atoms with Crippen molar-refractivity contribution in [1.82, 2.24) is 14.5 Å². The lowest BCUT2D eigenvalue weighted by atomic mass is 9.89. The summed E-state index contributed by atoms with van der Waals surface area (Å²) in [7, 11) is 0. The van der Waals surface area contributed by atoms with Crippen LogP contribution in [0.4, 0.5) is 10.1 Å². The molecule has 7 nitrogen and oxygen atoms in total. The van der Waals surface area contributed by atoms with Gasteiger partial charge in [-0.05, 0) is 44.2 Å². The van der Waals surface area contributed by atoms with E-state index >= 15 is 4.39 Å². The number of hydrogen-bond donors (Lipinski definition) is 1. The number of aromatic nitrogens is 2. The lowest BCUT2D eigenvalue weighted by Gasteiger charge is -2.32. The SMILES string of the molecule is CCN(CCC#N)CC1(C)CCN(c2c(F)cc3c(=O)[nH]c(=O)n(C4CC4)c3c2C)C1. The van der Waals surface area contributed by atoms with Crippen LogP contribution in [0.1, 0.15) is 51.1 Å². The number of aryl methyl sites for hydroxylation is 1. The van der Waals surface area contributed by atoms with Gasteiger partial charge in [-0.1, -0.05) is 13.8 Å². The number of benzene rings is 1. The Morgan fingerprint density at radius 1 is 1.39 bits per heavy atom. The zero-order valence-corrected chi connectivity index (χ0v) is 18.5. The molecule has 2 fully saturated rings. The molecule has 2 aliphatic rings. The second-order valence-electron chi connectivity index (χ2n) is 9.35. The van der Waals surface area contributed by atoms with Crippen LogP contribution in [-0.4, -0.2) is 47.2 Å². The molecular formula is C23H30FN5O2. The third-order valence-corrected chi connectivity index (χ3v) is 6.77. The molecule has 1 aliphatic heterocycles. The van der Waals surface area contributed by atoms with Crippen molar-refractivity contribution in [2.45, 2.75) is 52.5 Å². The van der Waals surface area contributed by atoms with E-state index in [-0.39, 0.29) is 16.8 Å². The number of nitrogens with one attached hydrogen (secondary N) is 1. The molecule has 31 heavy (non-hydrogen) atoms. The highest BCUT2D eigenvalue weighted by atomic mass is 19.1. The van der Waals surface area contributed by atoms with Crippen LogP contribution >= 0.6 is 0 Å². The molecule has 1 aromatic carbocycles. The predicted molar refractivity (Wildman–Crippen MR) is 119 cm³/mol. The number of anilines is 1. The van der Waals surface area contributed by atoms with E-state index in [0.29, 0.717) is 36.3 Å². The van der Waals surface area contributed by atoms with Crippen LogP contribution < -0.4 is 16.1 Å². The van der Waals surface area contributed by atoms with Crippen LogP contribution in [0.15, 0.2) is 15.7 Å². The topological polar surface area (TPSA) is 85.1 Å². The Kier molecular flexibility index (Phi) is 5.65. The Balaban J connectivity index is 1.71. The van der Waals surface area contributed by atoms with Crippen molar-refractivity contribution >= 4 is 16.6 Å². The number of halogens is 1. The van der Waals surface area contributed by atoms with Crippen molar-refractivity contribution in [3.8, 4) is 6.07 Å². The van der Waals surface area contributed by atoms with Crippen molar-refractivity contribution in [2.75, 3.05) is 37.6 Å². The minimum Gasteiger partial charge on any atom is -0.368 e. The fourth-order valence-corrected chi connectivity index (χ4v) is 5.08. The Labute approximate surface area is 181 Å². The molecule has 166 valence electrons. The van der Waals surface area contributed by atoms with Crippen LogP contribution in [-0.2, 0) is 0 Å². The van der Waals surface area contributed by atoms with Gasteiger partial charge < -0.3 is 9.80 Å². The maximum Gasteiger partial charge on any atom is 0.329 e. The molecule has 0 radical (unpaired) electrons. The van der Waals surface area contributed by atoms with Crippen molar-refractivity contribution < 1.29 is 4.39 Å². The number of nitriles is 1. The first-order chi connectivity index (χ1) is 14.8. The summed E-state index contributed by atoms with van der Waals surface area (Å²) in [6.07, 6.45) is 3.20. The summed E-state index contributed by atoms with van der Waals surface area (Å²) in [5, 5.41) is 9.14. The van der Waals surface area contributed by atoms with E-state index < -0.39 is 17.1 Å². The largest absolute Gasteiger partial charge is 0.368 e. The average molecular weight is 428 g/mol. The highest BCUT2D eigenvalue weighted by Gasteiger charge is 2.37. The van der Waals surface area contributed by atoms with Gasteiger partial charge >= 0.3 is 5.69 Å². The van der Waals surface area contributed by atoms with Gasteiger partial charge in [0.2, 0.25) is 0 Å². The molecule has 1 saturated carbocycles. The molecule has 1 unspecified atom stereocenters. The fraction of sp³-hybridized carbons (Fsp3) is 0.609. The predicted octanol–water partition coefficient (Wildman–Crippen LogP) is 2.92. The average Bonchev–Trinajstić information content (AvgIpc) is 3.48. The molecule has 0 bridgehead atoms. The van der Waals surface area contributed by atoms with Gasteiger partial charge in [0.1, 0.15) is 5.82 Å². The minimum atomic E-state index is -0.534. The van der Waals surface area contributed by atoms with Crippen LogP contribution in [0.2, 0.25) is 0 Å². The van der Waals surface area contributed by atoms with Gasteiger partial charge in [0, 0.05) is 44.2 Å². The van der Waals surface area contributed by atoms with Gasteiger partial charge in [-0.15, -0.1) is 0 Å². The van der Waals surface area contributed by atoms with Crippen LogP contribution in [0.25, 0.3) is 10.9 Å². The first-order valence-corrected chi connectivity index (χ1v) is 11.1. The monoisotopic (exact) mass is 427 g/mol. The highest BCUT2D eigenvalue weighted by Crippen LogP contribution is 2.41. The fourth-order valence-electron chi connectivity index (χ4n) is 5.08. The molecule has 1 N–H and O–H groups in total. The van der Waals surface area contributed by atoms with Gasteiger partial charge in [0.05, 0.1) is 22.7 Å². The molecule has 1 atom stereocenters. The van der Waals surface area contributed by atoms with E-state index in [4.69, 9.17) is 5.26 Å². The number of hydrogen-bond acceptors (Lipinski definition) is 5. The first kappa shape index (κ1) is 21.6. The molecule has 0 spiro atoms. The summed E-state index contributed by atoms with van der Waals surface area (Å²) in [6, 6.07) is 3.57.